The van der Waals surface area contributed by atoms with E-state index in [-0.39, 0.29) is 17.7 Å². The zero-order chi connectivity index (χ0) is 12.7. The quantitative estimate of drug-likeness (QED) is 0.787. The van der Waals surface area contributed by atoms with Crippen molar-refractivity contribution in [1.29, 1.82) is 0 Å². The number of hydrogen-bond acceptors (Lipinski definition) is 3. The van der Waals surface area contributed by atoms with Crippen LogP contribution in [-0.4, -0.2) is 30.8 Å². The normalized spacial score (nSPS) is 12.1. The molecule has 4 heteroatoms. The lowest BCUT2D eigenvalue weighted by Gasteiger charge is -2.13. The van der Waals surface area contributed by atoms with Crippen molar-refractivity contribution in [2.45, 2.75) is 25.8 Å². The Hall–Kier alpha value is -1.55. The number of benzene rings is 1. The van der Waals surface area contributed by atoms with Crippen molar-refractivity contribution in [1.82, 2.24) is 5.32 Å². The Kier molecular flexibility index (Phi) is 5.49. The maximum absolute atomic E-state index is 11.4. The lowest BCUT2D eigenvalue weighted by Crippen LogP contribution is -2.34. The van der Waals surface area contributed by atoms with E-state index in [0.717, 1.165) is 12.0 Å². The number of methoxy groups -OCH3 is 1. The molecule has 4 nitrogen and oxygen atoms in total. The lowest BCUT2D eigenvalue weighted by atomic mass is 10.1. The summed E-state index contributed by atoms with van der Waals surface area (Å²) in [5.41, 5.74) is 1.09. The molecule has 2 N–H and O–H groups in total. The van der Waals surface area contributed by atoms with E-state index in [9.17, 15) is 4.79 Å². The highest BCUT2D eigenvalue weighted by molar-refractivity contribution is 5.76. The molecule has 0 unspecified atom stereocenters. The fraction of sp³-hybridized carbons (Fsp3) is 0.462. The minimum absolute atomic E-state index is 0.00173. The van der Waals surface area contributed by atoms with E-state index in [2.05, 4.69) is 5.32 Å². The average Bonchev–Trinajstić information content (AvgIpc) is 2.29. The number of rotatable bonds is 6. The van der Waals surface area contributed by atoms with Gasteiger partial charge in [-0.1, -0.05) is 12.1 Å². The van der Waals surface area contributed by atoms with Gasteiger partial charge in [0.25, 0.3) is 0 Å². The van der Waals surface area contributed by atoms with Crippen LogP contribution in [-0.2, 0) is 16.0 Å². The third-order valence-electron chi connectivity index (χ3n) is 2.42. The monoisotopic (exact) mass is 237 g/mol. The van der Waals surface area contributed by atoms with Gasteiger partial charge in [-0.15, -0.1) is 0 Å². The van der Waals surface area contributed by atoms with Crippen LogP contribution in [0.2, 0.25) is 0 Å². The van der Waals surface area contributed by atoms with Gasteiger partial charge in [0.2, 0.25) is 5.91 Å². The molecule has 94 valence electrons. The summed E-state index contributed by atoms with van der Waals surface area (Å²) in [5.74, 6) is 0.253. The Bertz CT molecular complexity index is 348. The van der Waals surface area contributed by atoms with Gasteiger partial charge in [0.1, 0.15) is 5.75 Å². The molecule has 1 amide bonds. The number of carbonyl (C=O) groups excluding carboxylic acids is 1. The highest BCUT2D eigenvalue weighted by atomic mass is 16.5. The number of phenols is 1. The molecule has 1 rings (SSSR count). The van der Waals surface area contributed by atoms with Crippen LogP contribution in [0.4, 0.5) is 0 Å². The average molecular weight is 237 g/mol. The lowest BCUT2D eigenvalue weighted by molar-refractivity contribution is -0.122. The van der Waals surface area contributed by atoms with Crippen molar-refractivity contribution in [3.8, 4) is 5.75 Å². The van der Waals surface area contributed by atoms with Crippen LogP contribution in [0, 0.1) is 0 Å². The minimum Gasteiger partial charge on any atom is -0.508 e. The van der Waals surface area contributed by atoms with Crippen molar-refractivity contribution in [3.05, 3.63) is 29.8 Å². The standard InChI is InChI=1S/C13H19NO3/c1-10(14-13(16)7-8-17-2)9-11-3-5-12(15)6-4-11/h3-6,10,15H,7-9H2,1-2H3,(H,14,16)/t10-/m1/s1. The van der Waals surface area contributed by atoms with Gasteiger partial charge in [-0.05, 0) is 31.0 Å². The second kappa shape index (κ2) is 6.91. The molecule has 1 aromatic carbocycles. The van der Waals surface area contributed by atoms with E-state index in [1.54, 1.807) is 19.2 Å². The topological polar surface area (TPSA) is 58.6 Å². The van der Waals surface area contributed by atoms with Crippen molar-refractivity contribution >= 4 is 5.91 Å². The maximum Gasteiger partial charge on any atom is 0.222 e. The first-order chi connectivity index (χ1) is 8.11. The van der Waals surface area contributed by atoms with E-state index in [4.69, 9.17) is 9.84 Å². The third kappa shape index (κ3) is 5.36. The van der Waals surface area contributed by atoms with E-state index in [1.165, 1.54) is 0 Å². The molecule has 0 saturated carbocycles. The number of hydrogen-bond donors (Lipinski definition) is 2. The molecule has 0 fully saturated rings. The van der Waals surface area contributed by atoms with Gasteiger partial charge in [-0.25, -0.2) is 0 Å². The summed E-state index contributed by atoms with van der Waals surface area (Å²) in [7, 11) is 1.58. The molecule has 0 aromatic heterocycles. The fourth-order valence-electron chi connectivity index (χ4n) is 1.58. The summed E-state index contributed by atoms with van der Waals surface area (Å²) in [5, 5.41) is 12.0. The first kappa shape index (κ1) is 13.5. The molecule has 0 radical (unpaired) electrons. The molecule has 1 aromatic rings. The number of carbonyl (C=O) groups is 1. The van der Waals surface area contributed by atoms with Crippen LogP contribution in [0.25, 0.3) is 0 Å². The highest BCUT2D eigenvalue weighted by Crippen LogP contribution is 2.11. The Morgan fingerprint density at radius 1 is 1.41 bits per heavy atom. The molecule has 0 bridgehead atoms. The zero-order valence-corrected chi connectivity index (χ0v) is 10.3. The Labute approximate surface area is 102 Å². The van der Waals surface area contributed by atoms with E-state index in [0.29, 0.717) is 13.0 Å². The van der Waals surface area contributed by atoms with Crippen molar-refractivity contribution < 1.29 is 14.6 Å². The van der Waals surface area contributed by atoms with Gasteiger partial charge in [0.05, 0.1) is 6.61 Å². The molecule has 0 aliphatic heterocycles. The number of phenolic OH excluding ortho intramolecular Hbond substituents is 1. The second-order valence-corrected chi connectivity index (χ2v) is 4.08. The molecule has 0 heterocycles. The van der Waals surface area contributed by atoms with E-state index >= 15 is 0 Å². The summed E-state index contributed by atoms with van der Waals surface area (Å²) in [6.45, 7) is 2.40. The predicted octanol–water partition coefficient (Wildman–Crippen LogP) is 1.48. The largest absolute Gasteiger partial charge is 0.508 e. The summed E-state index contributed by atoms with van der Waals surface area (Å²) < 4.78 is 4.84. The van der Waals surface area contributed by atoms with Gasteiger partial charge in [0, 0.05) is 19.6 Å². The van der Waals surface area contributed by atoms with Gasteiger partial charge in [-0.3, -0.25) is 4.79 Å². The van der Waals surface area contributed by atoms with Crippen LogP contribution in [0.5, 0.6) is 5.75 Å². The maximum atomic E-state index is 11.4. The second-order valence-electron chi connectivity index (χ2n) is 4.08. The molecule has 0 aliphatic carbocycles. The Morgan fingerprint density at radius 2 is 2.06 bits per heavy atom. The summed E-state index contributed by atoms with van der Waals surface area (Å²) >= 11 is 0. The molecular formula is C13H19NO3. The number of aromatic hydroxyl groups is 1. The molecular weight excluding hydrogens is 218 g/mol. The first-order valence-electron chi connectivity index (χ1n) is 5.68. The molecule has 1 atom stereocenters. The SMILES string of the molecule is COCCC(=O)N[C@H](C)Cc1ccc(O)cc1. The molecule has 0 aliphatic rings. The van der Waals surface area contributed by atoms with Crippen LogP contribution < -0.4 is 5.32 Å². The van der Waals surface area contributed by atoms with Crippen molar-refractivity contribution in [2.24, 2.45) is 0 Å². The zero-order valence-electron chi connectivity index (χ0n) is 10.3. The van der Waals surface area contributed by atoms with Gasteiger partial charge in [-0.2, -0.15) is 0 Å². The van der Waals surface area contributed by atoms with Crippen LogP contribution in [0.1, 0.15) is 18.9 Å². The smallest absolute Gasteiger partial charge is 0.222 e. The third-order valence-corrected chi connectivity index (χ3v) is 2.42. The van der Waals surface area contributed by atoms with E-state index in [1.807, 2.05) is 19.1 Å². The summed E-state index contributed by atoms with van der Waals surface area (Å²) in [6.07, 6.45) is 1.13. The minimum atomic E-state index is -0.00173. The number of amides is 1. The van der Waals surface area contributed by atoms with Crippen molar-refractivity contribution in [3.63, 3.8) is 0 Å². The Morgan fingerprint density at radius 3 is 2.65 bits per heavy atom. The predicted molar refractivity (Wildman–Crippen MR) is 65.9 cm³/mol. The van der Waals surface area contributed by atoms with Crippen molar-refractivity contribution in [2.75, 3.05) is 13.7 Å². The van der Waals surface area contributed by atoms with E-state index < -0.39 is 0 Å². The summed E-state index contributed by atoms with van der Waals surface area (Å²) in [4.78, 5) is 11.4. The van der Waals surface area contributed by atoms with Gasteiger partial charge in [0.15, 0.2) is 0 Å². The molecule has 17 heavy (non-hydrogen) atoms. The Balaban J connectivity index is 2.36. The van der Waals surface area contributed by atoms with Crippen LogP contribution in [0.3, 0.4) is 0 Å². The van der Waals surface area contributed by atoms with Crippen LogP contribution in [0.15, 0.2) is 24.3 Å². The number of nitrogens with one attached hydrogen (secondary N) is 1. The molecule has 0 saturated heterocycles. The highest BCUT2D eigenvalue weighted by Gasteiger charge is 2.07. The van der Waals surface area contributed by atoms with Gasteiger partial charge < -0.3 is 15.2 Å². The fourth-order valence-corrected chi connectivity index (χ4v) is 1.58. The van der Waals surface area contributed by atoms with Crippen LogP contribution >= 0.6 is 0 Å². The van der Waals surface area contributed by atoms with Gasteiger partial charge >= 0.3 is 0 Å². The number of ether oxygens (including phenoxy) is 1. The molecule has 0 spiro atoms. The first-order valence-corrected chi connectivity index (χ1v) is 5.68. The summed E-state index contributed by atoms with van der Waals surface area (Å²) in [6, 6.07) is 7.08.